The van der Waals surface area contributed by atoms with Crippen LogP contribution in [0.3, 0.4) is 0 Å². The largest absolute Gasteiger partial charge is 0.481 e. The average Bonchev–Trinajstić information content (AvgIpc) is 2.85. The van der Waals surface area contributed by atoms with Gasteiger partial charge in [0.2, 0.25) is 0 Å². The van der Waals surface area contributed by atoms with Gasteiger partial charge in [0.25, 0.3) is 0 Å². The van der Waals surface area contributed by atoms with E-state index in [1.807, 2.05) is 42.5 Å². The Kier molecular flexibility index (Phi) is 6.09. The number of rotatable bonds is 6. The average molecular weight is 438 g/mol. The topological polar surface area (TPSA) is 49.8 Å². The van der Waals surface area contributed by atoms with Crippen molar-refractivity contribution in [1.82, 2.24) is 4.90 Å². The fourth-order valence-electron chi connectivity index (χ4n) is 4.89. The molecule has 4 aromatic carbocycles. The molecule has 33 heavy (non-hydrogen) atoms. The van der Waals surface area contributed by atoms with E-state index in [-0.39, 0.29) is 12.0 Å². The lowest BCUT2D eigenvalue weighted by molar-refractivity contribution is -0.143. The van der Waals surface area contributed by atoms with Gasteiger partial charge in [-0.1, -0.05) is 72.8 Å². The molecule has 0 radical (unpaired) electrons. The van der Waals surface area contributed by atoms with E-state index in [9.17, 15) is 9.90 Å². The van der Waals surface area contributed by atoms with Gasteiger partial charge in [-0.05, 0) is 65.6 Å². The highest BCUT2D eigenvalue weighted by molar-refractivity contribution is 5.86. The molecule has 1 aliphatic heterocycles. The molecule has 0 aromatic heterocycles. The molecule has 0 bridgehead atoms. The maximum atomic E-state index is 11.8. The monoisotopic (exact) mass is 437 g/mol. The van der Waals surface area contributed by atoms with Crippen LogP contribution in [-0.2, 0) is 4.79 Å². The summed E-state index contributed by atoms with van der Waals surface area (Å²) >= 11 is 0. The van der Waals surface area contributed by atoms with Crippen LogP contribution in [0.15, 0.2) is 97.1 Å². The summed E-state index contributed by atoms with van der Waals surface area (Å²) < 4.78 is 6.13. The van der Waals surface area contributed by atoms with Crippen LogP contribution < -0.4 is 4.74 Å². The minimum Gasteiger partial charge on any atom is -0.481 e. The van der Waals surface area contributed by atoms with E-state index in [0.717, 1.165) is 36.4 Å². The Morgan fingerprint density at radius 3 is 2.45 bits per heavy atom. The van der Waals surface area contributed by atoms with Crippen molar-refractivity contribution in [3.8, 4) is 11.5 Å². The van der Waals surface area contributed by atoms with Crippen LogP contribution in [0.4, 0.5) is 0 Å². The van der Waals surface area contributed by atoms with Crippen LogP contribution in [0.5, 0.6) is 11.5 Å². The first-order valence-electron chi connectivity index (χ1n) is 11.5. The van der Waals surface area contributed by atoms with Crippen LogP contribution >= 0.6 is 0 Å². The van der Waals surface area contributed by atoms with Crippen molar-refractivity contribution >= 4 is 16.7 Å². The Labute approximate surface area is 194 Å². The van der Waals surface area contributed by atoms with E-state index in [1.54, 1.807) is 0 Å². The molecule has 4 heteroatoms. The number of nitrogens with zero attached hydrogens (tertiary/aromatic N) is 1. The van der Waals surface area contributed by atoms with Crippen molar-refractivity contribution in [3.05, 3.63) is 108 Å². The normalized spacial score (nSPS) is 17.5. The lowest BCUT2D eigenvalue weighted by Crippen LogP contribution is -2.41. The molecule has 1 aliphatic rings. The third kappa shape index (κ3) is 4.62. The number of hydrogen-bond acceptors (Lipinski definition) is 3. The maximum Gasteiger partial charge on any atom is 0.307 e. The molecule has 4 aromatic rings. The molecule has 0 saturated carbocycles. The van der Waals surface area contributed by atoms with Gasteiger partial charge in [-0.15, -0.1) is 0 Å². The summed E-state index contributed by atoms with van der Waals surface area (Å²) in [5.74, 6) is 0.508. The quantitative estimate of drug-likeness (QED) is 0.373. The third-order valence-corrected chi connectivity index (χ3v) is 6.44. The van der Waals surface area contributed by atoms with Crippen LogP contribution in [0, 0.1) is 5.92 Å². The molecular formula is C29H27NO3. The molecule has 166 valence electrons. The van der Waals surface area contributed by atoms with E-state index in [2.05, 4.69) is 59.5 Å². The zero-order valence-electron chi connectivity index (χ0n) is 18.4. The van der Waals surface area contributed by atoms with Gasteiger partial charge in [0.1, 0.15) is 11.5 Å². The molecule has 1 heterocycles. The molecule has 2 atom stereocenters. The van der Waals surface area contributed by atoms with Gasteiger partial charge in [-0.3, -0.25) is 9.69 Å². The van der Waals surface area contributed by atoms with Crippen LogP contribution in [-0.4, -0.2) is 29.1 Å². The third-order valence-electron chi connectivity index (χ3n) is 6.44. The van der Waals surface area contributed by atoms with Gasteiger partial charge >= 0.3 is 5.97 Å². The van der Waals surface area contributed by atoms with Gasteiger partial charge in [0, 0.05) is 6.54 Å². The van der Waals surface area contributed by atoms with Crippen LogP contribution in [0.1, 0.15) is 30.0 Å². The number of piperidine rings is 1. The second-order valence-corrected chi connectivity index (χ2v) is 8.63. The van der Waals surface area contributed by atoms with Crippen molar-refractivity contribution in [3.63, 3.8) is 0 Å². The van der Waals surface area contributed by atoms with Crippen molar-refractivity contribution in [1.29, 1.82) is 0 Å². The van der Waals surface area contributed by atoms with Crippen molar-refractivity contribution in [2.24, 2.45) is 5.92 Å². The Bertz CT molecular complexity index is 1250. The molecular weight excluding hydrogens is 410 g/mol. The zero-order chi connectivity index (χ0) is 22.6. The van der Waals surface area contributed by atoms with Crippen molar-refractivity contribution in [2.75, 3.05) is 13.1 Å². The number of likely N-dealkylation sites (tertiary alicyclic amines) is 1. The number of para-hydroxylation sites is 1. The zero-order valence-corrected chi connectivity index (χ0v) is 18.4. The van der Waals surface area contributed by atoms with Gasteiger partial charge in [0.05, 0.1) is 12.0 Å². The van der Waals surface area contributed by atoms with E-state index in [0.29, 0.717) is 6.54 Å². The van der Waals surface area contributed by atoms with Crippen molar-refractivity contribution < 1.29 is 14.6 Å². The summed E-state index contributed by atoms with van der Waals surface area (Å²) in [5, 5.41) is 12.1. The highest BCUT2D eigenvalue weighted by Gasteiger charge is 2.32. The van der Waals surface area contributed by atoms with Gasteiger partial charge in [-0.25, -0.2) is 0 Å². The summed E-state index contributed by atoms with van der Waals surface area (Å²) in [6.07, 6.45) is 1.60. The fourth-order valence-corrected chi connectivity index (χ4v) is 4.89. The summed E-state index contributed by atoms with van der Waals surface area (Å²) in [7, 11) is 0. The highest BCUT2D eigenvalue weighted by atomic mass is 16.5. The summed E-state index contributed by atoms with van der Waals surface area (Å²) in [5.41, 5.74) is 2.29. The number of aliphatic carboxylic acids is 1. The number of carbonyl (C=O) groups is 1. The number of carboxylic acids is 1. The minimum atomic E-state index is -0.711. The van der Waals surface area contributed by atoms with Gasteiger partial charge < -0.3 is 9.84 Å². The molecule has 0 spiro atoms. The Morgan fingerprint density at radius 2 is 1.61 bits per heavy atom. The van der Waals surface area contributed by atoms with Crippen molar-refractivity contribution in [2.45, 2.75) is 18.9 Å². The first-order chi connectivity index (χ1) is 16.2. The SMILES string of the molecule is O=C(O)C1CCCN(C(c2cccc(Oc3ccccc3)c2)c2cccc3ccccc23)C1. The molecule has 0 aliphatic carbocycles. The first kappa shape index (κ1) is 21.2. The Hall–Kier alpha value is -3.63. The van der Waals surface area contributed by atoms with Crippen LogP contribution in [0.25, 0.3) is 10.8 Å². The summed E-state index contributed by atoms with van der Waals surface area (Å²) in [4.78, 5) is 14.1. The van der Waals surface area contributed by atoms with E-state index >= 15 is 0 Å². The van der Waals surface area contributed by atoms with E-state index in [4.69, 9.17) is 4.74 Å². The number of carboxylic acid groups (broad SMARTS) is 1. The predicted molar refractivity (Wildman–Crippen MR) is 131 cm³/mol. The van der Waals surface area contributed by atoms with E-state index < -0.39 is 5.97 Å². The lowest BCUT2D eigenvalue weighted by atomic mass is 9.89. The number of hydrogen-bond donors (Lipinski definition) is 1. The highest BCUT2D eigenvalue weighted by Crippen LogP contribution is 2.37. The number of fused-ring (bicyclic) bond motifs is 1. The van der Waals surface area contributed by atoms with Gasteiger partial charge in [0.15, 0.2) is 0 Å². The second-order valence-electron chi connectivity index (χ2n) is 8.63. The molecule has 5 rings (SSSR count). The lowest BCUT2D eigenvalue weighted by Gasteiger charge is -2.38. The summed E-state index contributed by atoms with van der Waals surface area (Å²) in [6.45, 7) is 1.40. The maximum absolute atomic E-state index is 11.8. The second kappa shape index (κ2) is 9.47. The first-order valence-corrected chi connectivity index (χ1v) is 11.5. The standard InChI is InChI=1S/C29H27NO3/c31-29(32)23-12-8-18-30(20-23)28(27-17-7-10-21-9-4-5-16-26(21)27)22-11-6-15-25(19-22)33-24-13-2-1-3-14-24/h1-7,9-11,13-17,19,23,28H,8,12,18,20H2,(H,31,32). The molecule has 4 nitrogen and oxygen atoms in total. The fraction of sp³-hybridized carbons (Fsp3) is 0.207. The molecule has 1 fully saturated rings. The molecule has 1 saturated heterocycles. The van der Waals surface area contributed by atoms with E-state index in [1.165, 1.54) is 16.3 Å². The molecule has 2 unspecified atom stereocenters. The van der Waals surface area contributed by atoms with Crippen LogP contribution in [0.2, 0.25) is 0 Å². The molecule has 0 amide bonds. The smallest absolute Gasteiger partial charge is 0.307 e. The summed E-state index contributed by atoms with van der Waals surface area (Å²) in [6, 6.07) is 32.7. The Balaban J connectivity index is 1.58. The predicted octanol–water partition coefficient (Wildman–Crippen LogP) is 6.52. The minimum absolute atomic E-state index is 0.0578. The number of ether oxygens (including phenoxy) is 1. The molecule has 1 N–H and O–H groups in total. The number of benzene rings is 4. The Morgan fingerprint density at radius 1 is 0.879 bits per heavy atom. The van der Waals surface area contributed by atoms with Gasteiger partial charge in [-0.2, -0.15) is 0 Å².